The van der Waals surface area contributed by atoms with E-state index in [4.69, 9.17) is 0 Å². The minimum atomic E-state index is -0.278. The van der Waals surface area contributed by atoms with E-state index in [-0.39, 0.29) is 33.5 Å². The highest BCUT2D eigenvalue weighted by atomic mass is 16.1. The maximum Gasteiger partial charge on any atom is 0.141 e. The predicted molar refractivity (Wildman–Crippen MR) is 151 cm³/mol. The van der Waals surface area contributed by atoms with Crippen LogP contribution in [0.3, 0.4) is 0 Å². The summed E-state index contributed by atoms with van der Waals surface area (Å²) >= 11 is 0. The summed E-state index contributed by atoms with van der Waals surface area (Å²) in [5.74, 6) is 1.22. The van der Waals surface area contributed by atoms with Gasteiger partial charge in [0.2, 0.25) is 0 Å². The second kappa shape index (κ2) is 10.1. The Morgan fingerprint density at radius 3 is 1.08 bits per heavy atom. The Kier molecular flexibility index (Phi) is 8.36. The molecule has 0 spiro atoms. The fourth-order valence-electron chi connectivity index (χ4n) is 7.51. The monoisotopic (exact) mass is 502 g/mol. The van der Waals surface area contributed by atoms with Crippen LogP contribution in [-0.2, 0) is 9.59 Å². The van der Waals surface area contributed by atoms with Crippen molar-refractivity contribution >= 4 is 11.6 Å². The highest BCUT2D eigenvalue weighted by molar-refractivity contribution is 5.86. The Balaban J connectivity index is 2.00. The average Bonchev–Trinajstić information content (AvgIpc) is 2.71. The summed E-state index contributed by atoms with van der Waals surface area (Å²) in [5, 5.41) is 0. The zero-order valence-electron chi connectivity index (χ0n) is 25.8. The van der Waals surface area contributed by atoms with Gasteiger partial charge < -0.3 is 0 Å². The molecule has 0 amide bonds. The van der Waals surface area contributed by atoms with Crippen molar-refractivity contribution in [1.82, 2.24) is 9.80 Å². The van der Waals surface area contributed by atoms with Gasteiger partial charge in [-0.3, -0.25) is 19.4 Å². The van der Waals surface area contributed by atoms with Gasteiger partial charge in [0.1, 0.15) is 11.6 Å². The van der Waals surface area contributed by atoms with Crippen LogP contribution in [0.2, 0.25) is 0 Å². The fourth-order valence-corrected chi connectivity index (χ4v) is 7.51. The number of hydrogen-bond donors (Lipinski definition) is 0. The summed E-state index contributed by atoms with van der Waals surface area (Å²) in [7, 11) is 0. The van der Waals surface area contributed by atoms with E-state index in [0.717, 1.165) is 51.6 Å². The van der Waals surface area contributed by atoms with Crippen molar-refractivity contribution in [1.29, 1.82) is 0 Å². The van der Waals surface area contributed by atoms with Crippen LogP contribution in [0.4, 0.5) is 0 Å². The molecule has 1 saturated heterocycles. The molecule has 36 heavy (non-hydrogen) atoms. The number of rotatable bonds is 4. The molecule has 0 aromatic carbocycles. The number of Topliss-reactive ketones (excluding diaryl/α,β-unsaturated/α-hetero) is 2. The highest BCUT2D eigenvalue weighted by Crippen LogP contribution is 2.47. The number of piperazine rings is 1. The van der Waals surface area contributed by atoms with Crippen LogP contribution >= 0.6 is 0 Å². The zero-order valence-corrected chi connectivity index (χ0v) is 25.8. The van der Waals surface area contributed by atoms with Crippen LogP contribution in [-0.4, -0.2) is 58.6 Å². The number of ketones is 2. The van der Waals surface area contributed by atoms with Crippen LogP contribution in [0.25, 0.3) is 0 Å². The van der Waals surface area contributed by atoms with Crippen molar-refractivity contribution in [3.8, 4) is 0 Å². The topological polar surface area (TPSA) is 40.6 Å². The van der Waals surface area contributed by atoms with Gasteiger partial charge in [0.05, 0.1) is 0 Å². The van der Waals surface area contributed by atoms with Gasteiger partial charge in [-0.05, 0) is 49.4 Å². The van der Waals surface area contributed by atoms with Gasteiger partial charge in [0.15, 0.2) is 0 Å². The normalized spacial score (nSPS) is 33.1. The maximum atomic E-state index is 13.4. The van der Waals surface area contributed by atoms with Crippen LogP contribution in [0.5, 0.6) is 0 Å². The average molecular weight is 503 g/mol. The van der Waals surface area contributed by atoms with Gasteiger partial charge in [0, 0.05) is 59.9 Å². The number of carbonyl (C=O) groups is 2. The number of fused-ring (bicyclic) bond motifs is 2. The van der Waals surface area contributed by atoms with E-state index in [1.165, 1.54) is 0 Å². The molecule has 2 saturated carbocycles. The summed E-state index contributed by atoms with van der Waals surface area (Å²) in [6, 6.07) is 1.79. The van der Waals surface area contributed by atoms with Gasteiger partial charge in [-0.1, -0.05) is 83.1 Å². The minimum absolute atomic E-state index is 0.167. The quantitative estimate of drug-likeness (QED) is 0.415. The van der Waals surface area contributed by atoms with Gasteiger partial charge in [-0.25, -0.2) is 0 Å². The smallest absolute Gasteiger partial charge is 0.141 e. The molecule has 4 heteroatoms. The summed E-state index contributed by atoms with van der Waals surface area (Å²) in [6.07, 6.45) is 6.17. The lowest BCUT2D eigenvalue weighted by Crippen LogP contribution is -2.72. The molecule has 0 N–H and O–H groups in total. The third-order valence-electron chi connectivity index (χ3n) is 8.80. The van der Waals surface area contributed by atoms with E-state index < -0.39 is 0 Å². The molecule has 6 unspecified atom stereocenters. The van der Waals surface area contributed by atoms with Crippen molar-refractivity contribution < 1.29 is 9.59 Å². The Morgan fingerprint density at radius 1 is 0.528 bits per heavy atom. The Morgan fingerprint density at radius 2 is 0.833 bits per heavy atom. The molecule has 3 aliphatic rings. The lowest BCUT2D eigenvalue weighted by Gasteiger charge is -2.62. The van der Waals surface area contributed by atoms with Gasteiger partial charge in [-0.15, -0.1) is 0 Å². The third-order valence-corrected chi connectivity index (χ3v) is 8.80. The maximum absolute atomic E-state index is 13.4. The first-order valence-corrected chi connectivity index (χ1v) is 14.8. The van der Waals surface area contributed by atoms with Crippen molar-refractivity contribution in [3.63, 3.8) is 0 Å². The van der Waals surface area contributed by atoms with Crippen molar-refractivity contribution in [2.75, 3.05) is 13.1 Å². The van der Waals surface area contributed by atoms with Gasteiger partial charge in [-0.2, -0.15) is 0 Å². The van der Waals surface area contributed by atoms with E-state index >= 15 is 0 Å². The van der Waals surface area contributed by atoms with Crippen LogP contribution in [0.1, 0.15) is 122 Å². The highest BCUT2D eigenvalue weighted by Gasteiger charge is 2.54. The first-order valence-electron chi connectivity index (χ1n) is 14.8. The molecule has 1 aliphatic heterocycles. The van der Waals surface area contributed by atoms with Crippen LogP contribution < -0.4 is 0 Å². The summed E-state index contributed by atoms with van der Waals surface area (Å²) in [5.41, 5.74) is -0.166. The predicted octanol–water partition coefficient (Wildman–Crippen LogP) is 7.00. The van der Waals surface area contributed by atoms with Crippen molar-refractivity contribution in [3.05, 3.63) is 0 Å². The van der Waals surface area contributed by atoms with Gasteiger partial charge in [0.25, 0.3) is 0 Å². The lowest BCUT2D eigenvalue weighted by atomic mass is 9.67. The molecule has 2 aliphatic carbocycles. The summed E-state index contributed by atoms with van der Waals surface area (Å²) in [4.78, 5) is 32.5. The Bertz CT molecular complexity index is 736. The van der Waals surface area contributed by atoms with E-state index in [1.807, 2.05) is 0 Å². The molecular weight excluding hydrogens is 444 g/mol. The molecule has 208 valence electrons. The largest absolute Gasteiger partial charge is 0.299 e. The second-order valence-electron chi connectivity index (χ2n) is 17.0. The van der Waals surface area contributed by atoms with Gasteiger partial charge >= 0.3 is 0 Å². The van der Waals surface area contributed by atoms with E-state index in [9.17, 15) is 9.59 Å². The molecule has 0 radical (unpaired) electrons. The molecule has 1 heterocycles. The molecule has 6 atom stereocenters. The van der Waals surface area contributed by atoms with E-state index in [1.54, 1.807) is 0 Å². The summed E-state index contributed by atoms with van der Waals surface area (Å²) in [6.45, 7) is 28.8. The molecule has 4 nitrogen and oxygen atoms in total. The SMILES string of the molecule is CC(C)(C)CN1C2CCC(C(=O)C(C)(C)C)CC2N(CC(C)(C)C)C2CCC(C(=O)C(C)(C)C)CC21. The second-order valence-corrected chi connectivity index (χ2v) is 17.0. The molecule has 0 aromatic rings. The molecule has 3 rings (SSSR count). The summed E-state index contributed by atoms with van der Waals surface area (Å²) < 4.78 is 0. The van der Waals surface area contributed by atoms with E-state index in [2.05, 4.69) is 92.9 Å². The number of hydrogen-bond acceptors (Lipinski definition) is 4. The standard InChI is InChI=1S/C32H58N2O2/c1-29(2,3)19-33-23-15-13-22(28(36)32(10,11)12)18-26(23)34(20-30(4,5)6)24-16-14-21(17-25(24)33)27(35)31(7,8)9/h21-26H,13-20H2,1-12H3. The van der Waals surface area contributed by atoms with Crippen LogP contribution in [0.15, 0.2) is 0 Å². The van der Waals surface area contributed by atoms with E-state index in [0.29, 0.717) is 35.7 Å². The fraction of sp³-hybridized carbons (Fsp3) is 0.938. The van der Waals surface area contributed by atoms with Crippen LogP contribution in [0, 0.1) is 33.5 Å². The number of carbonyl (C=O) groups excluding carboxylic acids is 2. The molecular formula is C32H58N2O2. The molecule has 0 bridgehead atoms. The van der Waals surface area contributed by atoms with Crippen molar-refractivity contribution in [2.24, 2.45) is 33.5 Å². The number of nitrogens with zero attached hydrogens (tertiary/aromatic N) is 2. The minimum Gasteiger partial charge on any atom is -0.299 e. The Labute approximate surface area is 223 Å². The van der Waals surface area contributed by atoms with Crippen molar-refractivity contribution in [2.45, 2.75) is 146 Å². The molecule has 0 aromatic heterocycles. The Hall–Kier alpha value is -0.740. The molecule has 3 fully saturated rings. The third kappa shape index (κ3) is 6.82. The lowest BCUT2D eigenvalue weighted by molar-refractivity contribution is -0.149. The zero-order chi connectivity index (χ0) is 27.4. The first-order chi connectivity index (χ1) is 16.2. The first kappa shape index (κ1) is 29.8.